The molecule has 124 valence electrons. The van der Waals surface area contributed by atoms with Gasteiger partial charge in [-0.25, -0.2) is 0 Å². The van der Waals surface area contributed by atoms with Crippen molar-refractivity contribution < 1.29 is 9.59 Å². The molecule has 1 aliphatic carbocycles. The molecule has 1 aliphatic heterocycles. The van der Waals surface area contributed by atoms with Crippen molar-refractivity contribution in [1.82, 2.24) is 10.2 Å². The number of rotatable bonds is 3. The van der Waals surface area contributed by atoms with Gasteiger partial charge in [0.2, 0.25) is 5.91 Å². The van der Waals surface area contributed by atoms with Crippen molar-refractivity contribution in [1.29, 1.82) is 0 Å². The van der Waals surface area contributed by atoms with Crippen LogP contribution in [0.2, 0.25) is 5.02 Å². The van der Waals surface area contributed by atoms with Crippen molar-refractivity contribution >= 4 is 29.1 Å². The van der Waals surface area contributed by atoms with Gasteiger partial charge in [-0.05, 0) is 31.0 Å². The lowest BCUT2D eigenvalue weighted by molar-refractivity contribution is -0.119. The highest BCUT2D eigenvalue weighted by Gasteiger charge is 2.24. The van der Waals surface area contributed by atoms with Crippen molar-refractivity contribution in [2.24, 2.45) is 5.92 Å². The molecule has 0 bridgehead atoms. The summed E-state index contributed by atoms with van der Waals surface area (Å²) >= 11 is 6.19. The van der Waals surface area contributed by atoms with E-state index >= 15 is 0 Å². The Balaban J connectivity index is 1.73. The van der Waals surface area contributed by atoms with Gasteiger partial charge in [0.15, 0.2) is 0 Å². The molecule has 1 aromatic rings. The molecular formula is C17H22ClN3O2. The van der Waals surface area contributed by atoms with Gasteiger partial charge >= 0.3 is 0 Å². The average Bonchev–Trinajstić information content (AvgIpc) is 3.11. The number of amides is 2. The van der Waals surface area contributed by atoms with Gasteiger partial charge in [0.25, 0.3) is 5.91 Å². The lowest BCUT2D eigenvalue weighted by Gasteiger charge is -2.27. The molecule has 0 radical (unpaired) electrons. The molecule has 23 heavy (non-hydrogen) atoms. The van der Waals surface area contributed by atoms with Gasteiger partial charge in [-0.2, -0.15) is 0 Å². The van der Waals surface area contributed by atoms with Gasteiger partial charge in [-0.1, -0.05) is 24.4 Å². The van der Waals surface area contributed by atoms with Crippen LogP contribution in [0.15, 0.2) is 18.2 Å². The lowest BCUT2D eigenvalue weighted by Crippen LogP contribution is -2.46. The van der Waals surface area contributed by atoms with E-state index in [0.29, 0.717) is 29.4 Å². The monoisotopic (exact) mass is 335 g/mol. The Hall–Kier alpha value is -1.59. The predicted octanol–water partition coefficient (Wildman–Crippen LogP) is 2.51. The first kappa shape index (κ1) is 16.3. The standard InChI is InChI=1S/C17H22ClN3O2/c18-14-6-5-13(17(23)21-9-7-19-8-10-21)11-15(14)20-16(22)12-3-1-2-4-12/h5-6,11-12,19H,1-4,7-10H2,(H,20,22). The summed E-state index contributed by atoms with van der Waals surface area (Å²) < 4.78 is 0. The number of anilines is 1. The zero-order valence-electron chi connectivity index (χ0n) is 13.1. The molecule has 0 unspecified atom stereocenters. The predicted molar refractivity (Wildman–Crippen MR) is 90.8 cm³/mol. The van der Waals surface area contributed by atoms with Crippen LogP contribution < -0.4 is 10.6 Å². The van der Waals surface area contributed by atoms with Gasteiger partial charge in [0.1, 0.15) is 0 Å². The molecule has 0 aromatic heterocycles. The minimum atomic E-state index is -0.0143. The van der Waals surface area contributed by atoms with Crippen LogP contribution in [0.3, 0.4) is 0 Å². The normalized spacial score (nSPS) is 18.9. The van der Waals surface area contributed by atoms with E-state index in [9.17, 15) is 9.59 Å². The maximum Gasteiger partial charge on any atom is 0.254 e. The Morgan fingerprint density at radius 3 is 2.57 bits per heavy atom. The average molecular weight is 336 g/mol. The maximum atomic E-state index is 12.5. The van der Waals surface area contributed by atoms with Crippen LogP contribution in [0.4, 0.5) is 5.69 Å². The summed E-state index contributed by atoms with van der Waals surface area (Å²) in [5.41, 5.74) is 1.10. The second-order valence-corrected chi connectivity index (χ2v) is 6.61. The summed E-state index contributed by atoms with van der Waals surface area (Å²) in [5.74, 6) is 0.0642. The van der Waals surface area contributed by atoms with Crippen LogP contribution in [-0.4, -0.2) is 42.9 Å². The second-order valence-electron chi connectivity index (χ2n) is 6.21. The summed E-state index contributed by atoms with van der Waals surface area (Å²) in [6, 6.07) is 5.10. The summed E-state index contributed by atoms with van der Waals surface area (Å²) in [4.78, 5) is 26.6. The van der Waals surface area contributed by atoms with E-state index < -0.39 is 0 Å². The Bertz CT molecular complexity index is 594. The molecule has 6 heteroatoms. The minimum Gasteiger partial charge on any atom is -0.336 e. The fourth-order valence-electron chi connectivity index (χ4n) is 3.23. The number of benzene rings is 1. The number of piperazine rings is 1. The van der Waals surface area contributed by atoms with E-state index in [1.807, 2.05) is 4.90 Å². The van der Waals surface area contributed by atoms with Crippen LogP contribution in [0.25, 0.3) is 0 Å². The molecule has 2 amide bonds. The van der Waals surface area contributed by atoms with Gasteiger partial charge in [0.05, 0.1) is 10.7 Å². The van der Waals surface area contributed by atoms with Crippen LogP contribution in [0.5, 0.6) is 0 Å². The molecule has 0 atom stereocenters. The van der Waals surface area contributed by atoms with Gasteiger partial charge in [-0.15, -0.1) is 0 Å². The number of carbonyl (C=O) groups is 2. The third-order valence-corrected chi connectivity index (χ3v) is 4.93. The number of nitrogens with one attached hydrogen (secondary N) is 2. The zero-order valence-corrected chi connectivity index (χ0v) is 13.9. The SMILES string of the molecule is O=C(Nc1cc(C(=O)N2CCNCC2)ccc1Cl)C1CCCC1. The maximum absolute atomic E-state index is 12.5. The van der Waals surface area contributed by atoms with Crippen molar-refractivity contribution in [3.05, 3.63) is 28.8 Å². The summed E-state index contributed by atoms with van der Waals surface area (Å²) in [7, 11) is 0. The van der Waals surface area contributed by atoms with E-state index in [1.54, 1.807) is 18.2 Å². The van der Waals surface area contributed by atoms with Crippen molar-refractivity contribution in [2.45, 2.75) is 25.7 Å². The first-order valence-corrected chi connectivity index (χ1v) is 8.63. The van der Waals surface area contributed by atoms with E-state index in [-0.39, 0.29) is 17.7 Å². The molecular weight excluding hydrogens is 314 g/mol. The quantitative estimate of drug-likeness (QED) is 0.892. The van der Waals surface area contributed by atoms with Gasteiger partial charge in [-0.3, -0.25) is 9.59 Å². The molecule has 1 saturated heterocycles. The van der Waals surface area contributed by atoms with Crippen LogP contribution in [0.1, 0.15) is 36.0 Å². The van der Waals surface area contributed by atoms with Crippen LogP contribution >= 0.6 is 11.6 Å². The first-order chi connectivity index (χ1) is 11.1. The third kappa shape index (κ3) is 3.85. The summed E-state index contributed by atoms with van der Waals surface area (Å²) in [6.07, 6.45) is 4.08. The smallest absolute Gasteiger partial charge is 0.254 e. The lowest BCUT2D eigenvalue weighted by atomic mass is 10.1. The number of carbonyl (C=O) groups excluding carboxylic acids is 2. The molecule has 0 spiro atoms. The van der Waals surface area contributed by atoms with Crippen molar-refractivity contribution in [3.8, 4) is 0 Å². The van der Waals surface area contributed by atoms with Crippen molar-refractivity contribution in [2.75, 3.05) is 31.5 Å². The van der Waals surface area contributed by atoms with E-state index in [2.05, 4.69) is 10.6 Å². The van der Waals surface area contributed by atoms with Crippen molar-refractivity contribution in [3.63, 3.8) is 0 Å². The fraction of sp³-hybridized carbons (Fsp3) is 0.529. The molecule has 5 nitrogen and oxygen atoms in total. The Kier molecular flexibility index (Phi) is 5.18. The summed E-state index contributed by atoms with van der Waals surface area (Å²) in [5, 5.41) is 6.59. The van der Waals surface area contributed by atoms with E-state index in [0.717, 1.165) is 38.8 Å². The largest absolute Gasteiger partial charge is 0.336 e. The topological polar surface area (TPSA) is 61.4 Å². The highest BCUT2D eigenvalue weighted by atomic mass is 35.5. The van der Waals surface area contributed by atoms with Gasteiger partial charge < -0.3 is 15.5 Å². The Morgan fingerprint density at radius 2 is 1.87 bits per heavy atom. The number of hydrogen-bond donors (Lipinski definition) is 2. The Labute approximate surface area is 141 Å². The second kappa shape index (κ2) is 7.32. The molecule has 1 aromatic carbocycles. The highest BCUT2D eigenvalue weighted by molar-refractivity contribution is 6.33. The summed E-state index contributed by atoms with van der Waals surface area (Å²) in [6.45, 7) is 3.02. The minimum absolute atomic E-state index is 0.0103. The van der Waals surface area contributed by atoms with E-state index in [1.165, 1.54) is 0 Å². The third-order valence-electron chi connectivity index (χ3n) is 4.60. The van der Waals surface area contributed by atoms with Crippen LogP contribution in [-0.2, 0) is 4.79 Å². The highest BCUT2D eigenvalue weighted by Crippen LogP contribution is 2.29. The molecule has 1 saturated carbocycles. The van der Waals surface area contributed by atoms with Crippen LogP contribution in [0, 0.1) is 5.92 Å². The zero-order chi connectivity index (χ0) is 16.2. The van der Waals surface area contributed by atoms with Gasteiger partial charge in [0, 0.05) is 37.7 Å². The Morgan fingerprint density at radius 1 is 1.17 bits per heavy atom. The molecule has 2 fully saturated rings. The fourth-order valence-corrected chi connectivity index (χ4v) is 3.39. The number of nitrogens with zero attached hydrogens (tertiary/aromatic N) is 1. The molecule has 3 rings (SSSR count). The number of halogens is 1. The molecule has 2 N–H and O–H groups in total. The van der Waals surface area contributed by atoms with E-state index in [4.69, 9.17) is 11.6 Å². The number of hydrogen-bond acceptors (Lipinski definition) is 3. The first-order valence-electron chi connectivity index (χ1n) is 8.25. The molecule has 1 heterocycles. The molecule has 2 aliphatic rings.